The van der Waals surface area contributed by atoms with E-state index in [1.165, 1.54) is 65.0 Å². The lowest BCUT2D eigenvalue weighted by Crippen LogP contribution is -2.48. The van der Waals surface area contributed by atoms with Crippen LogP contribution in [0.2, 0.25) is 0 Å². The topological polar surface area (TPSA) is 18.5 Å². The molecular weight excluding hydrogens is 222 g/mol. The Kier molecular flexibility index (Phi) is 5.05. The fraction of sp³-hybridized carbons (Fsp3) is 1.00. The third-order valence-electron chi connectivity index (χ3n) is 4.89. The average Bonchev–Trinajstić information content (AvgIpc) is 2.51. The number of nitrogens with zero attached hydrogens (tertiary/aromatic N) is 2. The molecule has 1 atom stereocenters. The fourth-order valence-electron chi connectivity index (χ4n) is 3.57. The van der Waals surface area contributed by atoms with E-state index in [0.29, 0.717) is 5.41 Å². The van der Waals surface area contributed by atoms with Crippen LogP contribution in [-0.2, 0) is 0 Å². The Morgan fingerprint density at radius 1 is 1.22 bits per heavy atom. The molecule has 2 fully saturated rings. The lowest BCUT2D eigenvalue weighted by Gasteiger charge is -2.41. The first-order valence-electron chi connectivity index (χ1n) is 7.76. The van der Waals surface area contributed by atoms with Gasteiger partial charge in [0.05, 0.1) is 0 Å². The van der Waals surface area contributed by atoms with Crippen molar-refractivity contribution in [1.82, 2.24) is 15.1 Å². The molecule has 0 aromatic rings. The predicted molar refractivity (Wildman–Crippen MR) is 78.0 cm³/mol. The van der Waals surface area contributed by atoms with Crippen LogP contribution in [0.25, 0.3) is 0 Å². The highest BCUT2D eigenvalue weighted by molar-refractivity contribution is 4.87. The molecule has 2 aliphatic heterocycles. The van der Waals surface area contributed by atoms with Gasteiger partial charge in [0, 0.05) is 19.1 Å². The molecule has 3 nitrogen and oxygen atoms in total. The normalized spacial score (nSPS) is 31.2. The Hall–Kier alpha value is -0.120. The van der Waals surface area contributed by atoms with E-state index in [2.05, 4.69) is 36.0 Å². The van der Waals surface area contributed by atoms with Gasteiger partial charge in [0.15, 0.2) is 0 Å². The first-order chi connectivity index (χ1) is 8.63. The quantitative estimate of drug-likeness (QED) is 0.827. The highest BCUT2D eigenvalue weighted by Gasteiger charge is 2.32. The molecule has 2 heterocycles. The largest absolute Gasteiger partial charge is 0.317 e. The molecule has 0 spiro atoms. The van der Waals surface area contributed by atoms with Gasteiger partial charge in [-0.15, -0.1) is 0 Å². The van der Waals surface area contributed by atoms with E-state index in [1.807, 2.05) is 0 Å². The standard InChI is InChI=1S/C15H31N3/c1-4-14-12-17(3)10-5-11-18(14)13-15(2)6-8-16-9-7-15/h14,16H,4-13H2,1-3H3. The number of likely N-dealkylation sites (N-methyl/N-ethyl adjacent to an activating group) is 1. The molecule has 0 bridgehead atoms. The molecule has 0 aromatic carbocycles. The minimum atomic E-state index is 0.543. The first kappa shape index (κ1) is 14.3. The van der Waals surface area contributed by atoms with E-state index in [9.17, 15) is 0 Å². The van der Waals surface area contributed by atoms with Crippen LogP contribution in [0, 0.1) is 5.41 Å². The number of hydrogen-bond donors (Lipinski definition) is 1. The number of piperidine rings is 1. The van der Waals surface area contributed by atoms with Gasteiger partial charge in [-0.25, -0.2) is 0 Å². The van der Waals surface area contributed by atoms with Crippen LogP contribution in [-0.4, -0.2) is 62.2 Å². The maximum atomic E-state index is 3.50. The summed E-state index contributed by atoms with van der Waals surface area (Å²) in [4.78, 5) is 5.30. The summed E-state index contributed by atoms with van der Waals surface area (Å²) in [5, 5.41) is 3.50. The third-order valence-corrected chi connectivity index (χ3v) is 4.89. The second kappa shape index (κ2) is 6.36. The molecule has 2 aliphatic rings. The van der Waals surface area contributed by atoms with Crippen molar-refractivity contribution in [2.75, 3.05) is 46.3 Å². The van der Waals surface area contributed by atoms with Gasteiger partial charge in [0.2, 0.25) is 0 Å². The highest BCUT2D eigenvalue weighted by Crippen LogP contribution is 2.30. The van der Waals surface area contributed by atoms with Gasteiger partial charge in [-0.1, -0.05) is 13.8 Å². The van der Waals surface area contributed by atoms with Crippen molar-refractivity contribution in [3.05, 3.63) is 0 Å². The SMILES string of the molecule is CCC1CN(C)CCCN1CC1(C)CCNCC1. The fourth-order valence-corrected chi connectivity index (χ4v) is 3.57. The Morgan fingerprint density at radius 2 is 1.94 bits per heavy atom. The van der Waals surface area contributed by atoms with E-state index in [0.717, 1.165) is 6.04 Å². The van der Waals surface area contributed by atoms with Crippen molar-refractivity contribution < 1.29 is 0 Å². The average molecular weight is 253 g/mol. The van der Waals surface area contributed by atoms with Gasteiger partial charge in [0.1, 0.15) is 0 Å². The molecule has 1 unspecified atom stereocenters. The summed E-state index contributed by atoms with van der Waals surface area (Å²) in [5.74, 6) is 0. The Labute approximate surface area is 113 Å². The maximum Gasteiger partial charge on any atom is 0.0220 e. The molecule has 2 rings (SSSR count). The Morgan fingerprint density at radius 3 is 2.61 bits per heavy atom. The van der Waals surface area contributed by atoms with Gasteiger partial charge in [-0.3, -0.25) is 4.90 Å². The van der Waals surface area contributed by atoms with Gasteiger partial charge in [-0.2, -0.15) is 0 Å². The second-order valence-electron chi connectivity index (χ2n) is 6.71. The van der Waals surface area contributed by atoms with Crippen LogP contribution in [0.15, 0.2) is 0 Å². The van der Waals surface area contributed by atoms with E-state index >= 15 is 0 Å². The zero-order chi connectivity index (χ0) is 13.0. The Balaban J connectivity index is 1.96. The maximum absolute atomic E-state index is 3.50. The van der Waals surface area contributed by atoms with Crippen molar-refractivity contribution in [1.29, 1.82) is 0 Å². The van der Waals surface area contributed by atoms with E-state index in [1.54, 1.807) is 0 Å². The highest BCUT2D eigenvalue weighted by atomic mass is 15.2. The zero-order valence-corrected chi connectivity index (χ0v) is 12.5. The van der Waals surface area contributed by atoms with Gasteiger partial charge in [0.25, 0.3) is 0 Å². The summed E-state index contributed by atoms with van der Waals surface area (Å²) < 4.78 is 0. The number of nitrogens with one attached hydrogen (secondary N) is 1. The molecule has 2 saturated heterocycles. The summed E-state index contributed by atoms with van der Waals surface area (Å²) in [6, 6.07) is 0.768. The van der Waals surface area contributed by atoms with Crippen LogP contribution in [0.5, 0.6) is 0 Å². The van der Waals surface area contributed by atoms with Crippen LogP contribution in [0.3, 0.4) is 0 Å². The van der Waals surface area contributed by atoms with E-state index < -0.39 is 0 Å². The van der Waals surface area contributed by atoms with Gasteiger partial charge >= 0.3 is 0 Å². The third kappa shape index (κ3) is 3.69. The molecule has 0 radical (unpaired) electrons. The molecule has 18 heavy (non-hydrogen) atoms. The molecule has 0 saturated carbocycles. The summed E-state index contributed by atoms with van der Waals surface area (Å²) in [6.07, 6.45) is 5.31. The molecule has 3 heteroatoms. The van der Waals surface area contributed by atoms with Crippen LogP contribution < -0.4 is 5.32 Å². The van der Waals surface area contributed by atoms with Crippen molar-refractivity contribution in [2.24, 2.45) is 5.41 Å². The smallest absolute Gasteiger partial charge is 0.0220 e. The van der Waals surface area contributed by atoms with Crippen molar-refractivity contribution >= 4 is 0 Å². The van der Waals surface area contributed by atoms with Crippen molar-refractivity contribution in [3.8, 4) is 0 Å². The van der Waals surface area contributed by atoms with Crippen molar-refractivity contribution in [2.45, 2.75) is 45.6 Å². The minimum Gasteiger partial charge on any atom is -0.317 e. The molecular formula is C15H31N3. The number of rotatable bonds is 3. The monoisotopic (exact) mass is 253 g/mol. The lowest BCUT2D eigenvalue weighted by atomic mass is 9.80. The lowest BCUT2D eigenvalue weighted by molar-refractivity contribution is 0.0920. The second-order valence-corrected chi connectivity index (χ2v) is 6.71. The Bertz CT molecular complexity index is 248. The summed E-state index contributed by atoms with van der Waals surface area (Å²) in [5.41, 5.74) is 0.543. The van der Waals surface area contributed by atoms with Gasteiger partial charge < -0.3 is 10.2 Å². The summed E-state index contributed by atoms with van der Waals surface area (Å²) in [7, 11) is 2.28. The van der Waals surface area contributed by atoms with E-state index in [4.69, 9.17) is 0 Å². The molecule has 0 aromatic heterocycles. The van der Waals surface area contributed by atoms with Crippen molar-refractivity contribution in [3.63, 3.8) is 0 Å². The molecule has 0 aliphatic carbocycles. The van der Waals surface area contributed by atoms with Crippen LogP contribution in [0.4, 0.5) is 0 Å². The predicted octanol–water partition coefficient (Wildman–Crippen LogP) is 1.79. The molecule has 1 N–H and O–H groups in total. The van der Waals surface area contributed by atoms with Crippen LogP contribution >= 0.6 is 0 Å². The zero-order valence-electron chi connectivity index (χ0n) is 12.5. The molecule has 106 valence electrons. The number of hydrogen-bond acceptors (Lipinski definition) is 3. The first-order valence-corrected chi connectivity index (χ1v) is 7.76. The van der Waals surface area contributed by atoms with Crippen LogP contribution in [0.1, 0.15) is 39.5 Å². The summed E-state index contributed by atoms with van der Waals surface area (Å²) >= 11 is 0. The minimum absolute atomic E-state index is 0.543. The molecule has 0 amide bonds. The van der Waals surface area contributed by atoms with Gasteiger partial charge in [-0.05, 0) is 64.3 Å². The van der Waals surface area contributed by atoms with E-state index in [-0.39, 0.29) is 0 Å². The summed E-state index contributed by atoms with van der Waals surface area (Å²) in [6.45, 7) is 12.4.